The summed E-state index contributed by atoms with van der Waals surface area (Å²) in [6.07, 6.45) is 7.73. The third-order valence-corrected chi connectivity index (χ3v) is 5.32. The first kappa shape index (κ1) is 20.5. The number of nitrogens with zero attached hydrogens (tertiary/aromatic N) is 2. The van der Waals surface area contributed by atoms with Crippen LogP contribution in [0.15, 0.2) is 4.99 Å². The third-order valence-electron chi connectivity index (χ3n) is 5.32. The molecule has 26 heavy (non-hydrogen) atoms. The minimum Gasteiger partial charge on any atom is -0.359 e. The minimum absolute atomic E-state index is 0.112. The molecule has 1 saturated heterocycles. The van der Waals surface area contributed by atoms with E-state index in [0.29, 0.717) is 31.3 Å². The molecule has 0 aromatic rings. The van der Waals surface area contributed by atoms with E-state index in [0.717, 1.165) is 51.3 Å². The van der Waals surface area contributed by atoms with Crippen molar-refractivity contribution in [2.45, 2.75) is 64.3 Å². The predicted molar refractivity (Wildman–Crippen MR) is 104 cm³/mol. The Morgan fingerprint density at radius 1 is 1.08 bits per heavy atom. The zero-order chi connectivity index (χ0) is 18.8. The summed E-state index contributed by atoms with van der Waals surface area (Å²) in [5, 5.41) is 9.15. The van der Waals surface area contributed by atoms with Crippen molar-refractivity contribution < 1.29 is 9.59 Å². The molecule has 0 aromatic heterocycles. The molecule has 2 amide bonds. The van der Waals surface area contributed by atoms with Crippen molar-refractivity contribution >= 4 is 17.8 Å². The topological polar surface area (TPSA) is 85.8 Å². The van der Waals surface area contributed by atoms with Crippen LogP contribution in [-0.2, 0) is 9.59 Å². The van der Waals surface area contributed by atoms with Gasteiger partial charge in [-0.1, -0.05) is 12.8 Å². The molecule has 0 spiro atoms. The lowest BCUT2D eigenvalue weighted by atomic mass is 9.93. The van der Waals surface area contributed by atoms with Crippen LogP contribution in [0, 0.1) is 5.92 Å². The van der Waals surface area contributed by atoms with Crippen molar-refractivity contribution in [2.24, 2.45) is 10.9 Å². The van der Waals surface area contributed by atoms with Crippen molar-refractivity contribution in [3.63, 3.8) is 0 Å². The third kappa shape index (κ3) is 6.84. The van der Waals surface area contributed by atoms with E-state index in [1.165, 1.54) is 12.8 Å². The summed E-state index contributed by atoms with van der Waals surface area (Å²) in [7, 11) is 1.69. The van der Waals surface area contributed by atoms with Crippen LogP contribution in [0.3, 0.4) is 0 Å². The molecule has 0 radical (unpaired) electrons. The van der Waals surface area contributed by atoms with Crippen LogP contribution in [0.2, 0.25) is 0 Å². The van der Waals surface area contributed by atoms with Crippen molar-refractivity contribution in [1.82, 2.24) is 20.9 Å². The maximum Gasteiger partial charge on any atom is 0.222 e. The Bertz CT molecular complexity index is 480. The number of hydrogen-bond acceptors (Lipinski definition) is 3. The number of aliphatic imine (C=N–C) groups is 1. The molecule has 1 heterocycles. The molecule has 7 heteroatoms. The predicted octanol–water partition coefficient (Wildman–Crippen LogP) is 1.25. The molecule has 0 aromatic carbocycles. The highest BCUT2D eigenvalue weighted by molar-refractivity contribution is 5.81. The number of nitrogens with one attached hydrogen (secondary N) is 3. The monoisotopic (exact) mass is 365 g/mol. The summed E-state index contributed by atoms with van der Waals surface area (Å²) >= 11 is 0. The normalized spacial score (nSPS) is 19.5. The fraction of sp³-hybridized carbons (Fsp3) is 0.842. The number of likely N-dealkylation sites (tertiary alicyclic amines) is 1. The van der Waals surface area contributed by atoms with Crippen LogP contribution in [0.4, 0.5) is 0 Å². The Hall–Kier alpha value is -1.79. The molecule has 0 atom stereocenters. The molecule has 7 nitrogen and oxygen atoms in total. The smallest absolute Gasteiger partial charge is 0.222 e. The standard InChI is InChI=1S/C19H35N5O2/c1-3-21-19(22-11-8-17(25)23-16-6-4-5-7-16)24-12-9-15(10-13-24)14-18(26)20-2/h15-16H,3-14H2,1-2H3,(H,20,26)(H,21,22)(H,23,25). The van der Waals surface area contributed by atoms with Gasteiger partial charge in [0.1, 0.15) is 0 Å². The fourth-order valence-electron chi connectivity index (χ4n) is 3.77. The van der Waals surface area contributed by atoms with Gasteiger partial charge in [-0.05, 0) is 38.5 Å². The van der Waals surface area contributed by atoms with Gasteiger partial charge in [-0.15, -0.1) is 0 Å². The van der Waals surface area contributed by atoms with Gasteiger partial charge in [-0.3, -0.25) is 14.6 Å². The van der Waals surface area contributed by atoms with Crippen molar-refractivity contribution in [3.8, 4) is 0 Å². The maximum atomic E-state index is 12.0. The van der Waals surface area contributed by atoms with Crippen LogP contribution >= 0.6 is 0 Å². The van der Waals surface area contributed by atoms with E-state index in [1.54, 1.807) is 7.05 Å². The summed E-state index contributed by atoms with van der Waals surface area (Å²) in [4.78, 5) is 30.5. The van der Waals surface area contributed by atoms with Crippen LogP contribution in [-0.4, -0.2) is 61.9 Å². The van der Waals surface area contributed by atoms with Crippen molar-refractivity contribution in [2.75, 3.05) is 33.2 Å². The summed E-state index contributed by atoms with van der Waals surface area (Å²) in [6.45, 7) is 5.19. The largest absolute Gasteiger partial charge is 0.359 e. The first-order valence-electron chi connectivity index (χ1n) is 10.2. The first-order chi connectivity index (χ1) is 12.6. The molecule has 3 N–H and O–H groups in total. The van der Waals surface area contributed by atoms with Crippen LogP contribution in [0.5, 0.6) is 0 Å². The average Bonchev–Trinajstić information content (AvgIpc) is 3.14. The number of guanidine groups is 1. The molecule has 2 aliphatic rings. The van der Waals surface area contributed by atoms with Gasteiger partial charge in [-0.25, -0.2) is 0 Å². The number of amides is 2. The quantitative estimate of drug-likeness (QED) is 0.468. The SMILES string of the molecule is CCNC(=NCCC(=O)NC1CCCC1)N1CCC(CC(=O)NC)CC1. The molecule has 2 rings (SSSR count). The number of hydrogen-bond donors (Lipinski definition) is 3. The minimum atomic E-state index is 0.112. The van der Waals surface area contributed by atoms with E-state index in [1.807, 2.05) is 0 Å². The van der Waals surface area contributed by atoms with Crippen molar-refractivity contribution in [3.05, 3.63) is 0 Å². The second kappa shape index (κ2) is 11.0. The Morgan fingerprint density at radius 3 is 2.38 bits per heavy atom. The second-order valence-corrected chi connectivity index (χ2v) is 7.34. The van der Waals surface area contributed by atoms with Gasteiger partial charge in [0.05, 0.1) is 6.54 Å². The van der Waals surface area contributed by atoms with E-state index in [4.69, 9.17) is 0 Å². The zero-order valence-corrected chi connectivity index (χ0v) is 16.4. The van der Waals surface area contributed by atoms with E-state index in [-0.39, 0.29) is 11.8 Å². The Kier molecular flexibility index (Phi) is 8.71. The van der Waals surface area contributed by atoms with Gasteiger partial charge in [-0.2, -0.15) is 0 Å². The summed E-state index contributed by atoms with van der Waals surface area (Å²) in [5.41, 5.74) is 0. The van der Waals surface area contributed by atoms with Gasteiger partial charge in [0, 0.05) is 45.6 Å². The maximum absolute atomic E-state index is 12.0. The zero-order valence-electron chi connectivity index (χ0n) is 16.4. The summed E-state index contributed by atoms with van der Waals surface area (Å²) in [5.74, 6) is 1.57. The van der Waals surface area contributed by atoms with E-state index < -0.39 is 0 Å². The lowest BCUT2D eigenvalue weighted by Gasteiger charge is -2.34. The van der Waals surface area contributed by atoms with Gasteiger partial charge in [0.2, 0.25) is 11.8 Å². The molecular weight excluding hydrogens is 330 g/mol. The van der Waals surface area contributed by atoms with E-state index >= 15 is 0 Å². The van der Waals surface area contributed by atoms with E-state index in [9.17, 15) is 9.59 Å². The average molecular weight is 366 g/mol. The van der Waals surface area contributed by atoms with Gasteiger partial charge >= 0.3 is 0 Å². The van der Waals surface area contributed by atoms with E-state index in [2.05, 4.69) is 32.8 Å². The molecule has 1 aliphatic carbocycles. The summed E-state index contributed by atoms with van der Waals surface area (Å²) < 4.78 is 0. The Labute approximate surface area is 157 Å². The number of carbonyl (C=O) groups is 2. The molecule has 1 saturated carbocycles. The molecule has 0 bridgehead atoms. The highest BCUT2D eigenvalue weighted by Gasteiger charge is 2.23. The van der Waals surface area contributed by atoms with Crippen LogP contribution in [0.1, 0.15) is 58.3 Å². The summed E-state index contributed by atoms with van der Waals surface area (Å²) in [6, 6.07) is 0.374. The molecule has 148 valence electrons. The van der Waals surface area contributed by atoms with Crippen molar-refractivity contribution in [1.29, 1.82) is 0 Å². The number of piperidine rings is 1. The highest BCUT2D eigenvalue weighted by atomic mass is 16.2. The van der Waals surface area contributed by atoms with Gasteiger partial charge in [0.25, 0.3) is 0 Å². The molecule has 1 aliphatic heterocycles. The molecule has 0 unspecified atom stereocenters. The molecular formula is C19H35N5O2. The lowest BCUT2D eigenvalue weighted by Crippen LogP contribution is -2.46. The fourth-order valence-corrected chi connectivity index (χ4v) is 3.77. The lowest BCUT2D eigenvalue weighted by molar-refractivity contribution is -0.122. The second-order valence-electron chi connectivity index (χ2n) is 7.34. The Morgan fingerprint density at radius 2 is 1.77 bits per heavy atom. The Balaban J connectivity index is 1.75. The van der Waals surface area contributed by atoms with Gasteiger partial charge in [0.15, 0.2) is 5.96 Å². The number of carbonyl (C=O) groups excluding carboxylic acids is 2. The molecule has 2 fully saturated rings. The van der Waals surface area contributed by atoms with Gasteiger partial charge < -0.3 is 20.9 Å². The highest BCUT2D eigenvalue weighted by Crippen LogP contribution is 2.20. The number of rotatable bonds is 7. The van der Waals surface area contributed by atoms with Crippen LogP contribution in [0.25, 0.3) is 0 Å². The van der Waals surface area contributed by atoms with Crippen LogP contribution < -0.4 is 16.0 Å². The first-order valence-corrected chi connectivity index (χ1v) is 10.2.